The molecular weight excluding hydrogens is 430 g/mol. The Balaban J connectivity index is 2.03. The van der Waals surface area contributed by atoms with E-state index in [-0.39, 0.29) is 33.6 Å². The number of carbonyl (C=O) groups is 1. The predicted octanol–water partition coefficient (Wildman–Crippen LogP) is 2.45. The lowest BCUT2D eigenvalue weighted by Crippen LogP contribution is -2.55. The number of aromatic nitrogens is 2. The summed E-state index contributed by atoms with van der Waals surface area (Å²) >= 11 is 5.09. The molecule has 4 heterocycles. The summed E-state index contributed by atoms with van der Waals surface area (Å²) in [5, 5.41) is 10.1. The molecule has 5 rings (SSSR count). The van der Waals surface area contributed by atoms with Gasteiger partial charge < -0.3 is 25.1 Å². The summed E-state index contributed by atoms with van der Waals surface area (Å²) in [7, 11) is 1.53. The lowest BCUT2D eigenvalue weighted by Gasteiger charge is -2.44. The second kappa shape index (κ2) is 6.23. The molecule has 0 aliphatic carbocycles. The van der Waals surface area contributed by atoms with Gasteiger partial charge in [-0.15, -0.1) is 0 Å². The fourth-order valence-corrected chi connectivity index (χ4v) is 5.73. The van der Waals surface area contributed by atoms with E-state index in [2.05, 4.69) is 16.9 Å². The Labute approximate surface area is 188 Å². The van der Waals surface area contributed by atoms with Crippen LogP contribution in [0.15, 0.2) is 28.4 Å². The van der Waals surface area contributed by atoms with Crippen LogP contribution in [-0.2, 0) is 10.2 Å². The number of amides is 1. The molecular formula is C22H21N5O4S. The quantitative estimate of drug-likeness (QED) is 0.566. The normalized spacial score (nSPS) is 24.7. The fourth-order valence-electron chi connectivity index (χ4n) is 5.55. The van der Waals surface area contributed by atoms with Crippen molar-refractivity contribution >= 4 is 23.8 Å². The van der Waals surface area contributed by atoms with Crippen molar-refractivity contribution in [1.29, 1.82) is 5.26 Å². The van der Waals surface area contributed by atoms with Crippen molar-refractivity contribution < 1.29 is 14.3 Å². The van der Waals surface area contributed by atoms with E-state index < -0.39 is 22.4 Å². The molecule has 3 aliphatic heterocycles. The number of H-pyrrole nitrogens is 2. The number of carbonyl (C=O) groups excluding carboxylic acids is 1. The SMILES string of the molecule is COc1cc2c3c(c1)C1(C(=O)N3C(C)(C)CC2C)C(C#N)=C(N)Oc2[nH]c(=S)[nH]c(=O)c21. The van der Waals surface area contributed by atoms with Crippen LogP contribution in [0.5, 0.6) is 11.6 Å². The maximum atomic E-state index is 14.4. The predicted molar refractivity (Wildman–Crippen MR) is 118 cm³/mol. The molecule has 1 aromatic heterocycles. The van der Waals surface area contributed by atoms with Gasteiger partial charge in [0.1, 0.15) is 23.0 Å². The fraction of sp³-hybridized carbons (Fsp3) is 0.364. The second-order valence-corrected chi connectivity index (χ2v) is 9.39. The minimum Gasteiger partial charge on any atom is -0.497 e. The first kappa shape index (κ1) is 20.3. The minimum absolute atomic E-state index is 0.0178. The van der Waals surface area contributed by atoms with Crippen molar-refractivity contribution in [2.45, 2.75) is 44.1 Å². The van der Waals surface area contributed by atoms with Crippen LogP contribution in [0.1, 0.15) is 49.8 Å². The van der Waals surface area contributed by atoms with E-state index in [0.29, 0.717) is 23.4 Å². The molecule has 0 bridgehead atoms. The smallest absolute Gasteiger partial charge is 0.260 e. The largest absolute Gasteiger partial charge is 0.497 e. The number of nitrogens with one attached hydrogen (secondary N) is 2. The highest BCUT2D eigenvalue weighted by Crippen LogP contribution is 2.60. The first-order valence-electron chi connectivity index (χ1n) is 10.1. The minimum atomic E-state index is -1.79. The summed E-state index contributed by atoms with van der Waals surface area (Å²) in [6, 6.07) is 5.65. The maximum absolute atomic E-state index is 14.4. The number of ether oxygens (including phenoxy) is 2. The van der Waals surface area contributed by atoms with Gasteiger partial charge in [0.15, 0.2) is 10.2 Å². The van der Waals surface area contributed by atoms with Gasteiger partial charge in [-0.25, -0.2) is 0 Å². The highest BCUT2D eigenvalue weighted by Gasteiger charge is 2.64. The monoisotopic (exact) mass is 451 g/mol. The molecule has 1 spiro atoms. The molecule has 4 N–H and O–H groups in total. The molecule has 0 radical (unpaired) electrons. The number of methoxy groups -OCH3 is 1. The molecule has 2 atom stereocenters. The summed E-state index contributed by atoms with van der Waals surface area (Å²) in [6.07, 6.45) is 0.687. The van der Waals surface area contributed by atoms with Crippen molar-refractivity contribution in [3.63, 3.8) is 0 Å². The molecule has 1 aromatic carbocycles. The van der Waals surface area contributed by atoms with Crippen molar-refractivity contribution in [2.24, 2.45) is 5.73 Å². The number of nitrogens with zero attached hydrogens (tertiary/aromatic N) is 2. The standard InChI is InChI=1S/C22H21N5O4S/c1-9-7-21(2,3)27-15-11(9)5-10(30-4)6-12(15)22(19(27)29)13(8-23)16(24)31-18-14(22)17(28)25-20(32)26-18/h5-6,9H,7,24H2,1-4H3,(H2,25,26,28,32). The van der Waals surface area contributed by atoms with Gasteiger partial charge in [0.25, 0.3) is 5.56 Å². The van der Waals surface area contributed by atoms with Crippen LogP contribution in [-0.4, -0.2) is 28.5 Å². The van der Waals surface area contributed by atoms with Gasteiger partial charge in [0, 0.05) is 11.1 Å². The van der Waals surface area contributed by atoms with E-state index in [1.165, 1.54) is 7.11 Å². The van der Waals surface area contributed by atoms with E-state index in [9.17, 15) is 14.9 Å². The number of hydrogen-bond donors (Lipinski definition) is 3. The first-order chi connectivity index (χ1) is 15.1. The van der Waals surface area contributed by atoms with Crippen LogP contribution in [0.4, 0.5) is 5.69 Å². The van der Waals surface area contributed by atoms with Crippen molar-refractivity contribution in [1.82, 2.24) is 9.97 Å². The average molecular weight is 452 g/mol. The van der Waals surface area contributed by atoms with Gasteiger partial charge in [0.2, 0.25) is 17.7 Å². The lowest BCUT2D eigenvalue weighted by molar-refractivity contribution is -0.122. The lowest BCUT2D eigenvalue weighted by atomic mass is 9.69. The Morgan fingerprint density at radius 2 is 2.06 bits per heavy atom. The molecule has 32 heavy (non-hydrogen) atoms. The number of aromatic amines is 2. The molecule has 2 unspecified atom stereocenters. The number of rotatable bonds is 1. The third-order valence-corrected chi connectivity index (χ3v) is 6.87. The van der Waals surface area contributed by atoms with Crippen LogP contribution in [0.3, 0.4) is 0 Å². The van der Waals surface area contributed by atoms with Gasteiger partial charge in [-0.3, -0.25) is 14.6 Å². The summed E-state index contributed by atoms with van der Waals surface area (Å²) in [4.78, 5) is 34.6. The van der Waals surface area contributed by atoms with E-state index in [1.807, 2.05) is 26.0 Å². The van der Waals surface area contributed by atoms with Crippen LogP contribution < -0.4 is 25.7 Å². The highest BCUT2D eigenvalue weighted by molar-refractivity contribution is 7.71. The molecule has 0 saturated heterocycles. The Morgan fingerprint density at radius 3 is 2.72 bits per heavy atom. The van der Waals surface area contributed by atoms with Gasteiger partial charge in [0.05, 0.1) is 12.8 Å². The Kier molecular flexibility index (Phi) is 3.96. The zero-order chi connectivity index (χ0) is 23.2. The van der Waals surface area contributed by atoms with E-state index in [0.717, 1.165) is 5.56 Å². The van der Waals surface area contributed by atoms with Gasteiger partial charge in [-0.05, 0) is 56.1 Å². The zero-order valence-corrected chi connectivity index (χ0v) is 18.8. The molecule has 0 fully saturated rings. The van der Waals surface area contributed by atoms with Crippen LogP contribution in [0, 0.1) is 16.1 Å². The summed E-state index contributed by atoms with van der Waals surface area (Å²) in [5.41, 5.74) is 5.03. The van der Waals surface area contributed by atoms with Crippen molar-refractivity contribution in [3.8, 4) is 17.7 Å². The molecule has 2 aromatic rings. The number of nitriles is 1. The number of fused-ring (bicyclic) bond motifs is 3. The maximum Gasteiger partial charge on any atom is 0.260 e. The molecule has 164 valence electrons. The third kappa shape index (κ3) is 2.23. The number of benzene rings is 1. The average Bonchev–Trinajstić information content (AvgIpc) is 2.95. The molecule has 1 amide bonds. The number of hydrogen-bond acceptors (Lipinski definition) is 7. The van der Waals surface area contributed by atoms with Gasteiger partial charge >= 0.3 is 0 Å². The molecule has 10 heteroatoms. The third-order valence-electron chi connectivity index (χ3n) is 6.67. The Morgan fingerprint density at radius 1 is 1.34 bits per heavy atom. The van der Waals surface area contributed by atoms with Gasteiger partial charge in [-0.1, -0.05) is 6.92 Å². The van der Waals surface area contributed by atoms with Crippen LogP contribution >= 0.6 is 12.2 Å². The summed E-state index contributed by atoms with van der Waals surface area (Å²) in [6.45, 7) is 6.03. The number of anilines is 1. The molecule has 3 aliphatic rings. The summed E-state index contributed by atoms with van der Waals surface area (Å²) < 4.78 is 11.1. The van der Waals surface area contributed by atoms with E-state index in [1.54, 1.807) is 11.0 Å². The van der Waals surface area contributed by atoms with Crippen molar-refractivity contribution in [3.05, 3.63) is 55.4 Å². The first-order valence-corrected chi connectivity index (χ1v) is 10.5. The van der Waals surface area contributed by atoms with Crippen LogP contribution in [0.25, 0.3) is 0 Å². The highest BCUT2D eigenvalue weighted by atomic mass is 32.1. The van der Waals surface area contributed by atoms with Crippen molar-refractivity contribution in [2.75, 3.05) is 12.0 Å². The van der Waals surface area contributed by atoms with E-state index in [4.69, 9.17) is 27.4 Å². The summed E-state index contributed by atoms with van der Waals surface area (Å²) in [5.74, 6) is -0.112. The van der Waals surface area contributed by atoms with E-state index >= 15 is 0 Å². The Bertz CT molecular complexity index is 1410. The Hall–Kier alpha value is -3.58. The van der Waals surface area contributed by atoms with Gasteiger partial charge in [-0.2, -0.15) is 5.26 Å². The molecule has 9 nitrogen and oxygen atoms in total. The topological polar surface area (TPSA) is 137 Å². The second-order valence-electron chi connectivity index (χ2n) is 8.99. The molecule has 0 saturated carbocycles. The van der Waals surface area contributed by atoms with Crippen LogP contribution in [0.2, 0.25) is 0 Å². The zero-order valence-electron chi connectivity index (χ0n) is 18.0. The number of nitrogens with two attached hydrogens (primary N) is 1.